The molecule has 0 aromatic carbocycles. The van der Waals surface area contributed by atoms with Crippen LogP contribution in [0, 0.1) is 0 Å². The van der Waals surface area contributed by atoms with Gasteiger partial charge in [0.05, 0.1) is 18.2 Å². The van der Waals surface area contributed by atoms with E-state index >= 15 is 0 Å². The highest BCUT2D eigenvalue weighted by molar-refractivity contribution is 5.46. The lowest BCUT2D eigenvalue weighted by Crippen LogP contribution is -2.20. The van der Waals surface area contributed by atoms with E-state index in [2.05, 4.69) is 14.5 Å². The number of pyridine rings is 1. The highest BCUT2D eigenvalue weighted by atomic mass is 19.4. The molecule has 0 spiro atoms. The molecule has 2 N–H and O–H groups in total. The second kappa shape index (κ2) is 5.34. The second-order valence-electron chi connectivity index (χ2n) is 3.08. The highest BCUT2D eigenvalue weighted by Gasteiger charge is 2.35. The molecule has 0 amide bonds. The largest absolute Gasteiger partial charge is 0.573 e. The minimum atomic E-state index is -5.11. The summed E-state index contributed by atoms with van der Waals surface area (Å²) in [5.41, 5.74) is 3.84. The van der Waals surface area contributed by atoms with Crippen molar-refractivity contribution in [2.24, 2.45) is 5.73 Å². The number of aromatic nitrogens is 1. The number of halogens is 5. The zero-order chi connectivity index (χ0) is 13.9. The minimum absolute atomic E-state index is 0.291. The van der Waals surface area contributed by atoms with Gasteiger partial charge in [0.15, 0.2) is 0 Å². The topological polar surface area (TPSA) is 57.4 Å². The van der Waals surface area contributed by atoms with Crippen LogP contribution in [-0.2, 0) is 6.54 Å². The van der Waals surface area contributed by atoms with Crippen LogP contribution in [0.3, 0.4) is 0 Å². The average Bonchev–Trinajstić information content (AvgIpc) is 2.25. The van der Waals surface area contributed by atoms with Crippen molar-refractivity contribution >= 4 is 0 Å². The molecule has 0 saturated carbocycles. The van der Waals surface area contributed by atoms with Crippen LogP contribution in [0.4, 0.5) is 22.0 Å². The van der Waals surface area contributed by atoms with Gasteiger partial charge in [-0.25, -0.2) is 13.8 Å². The summed E-state index contributed by atoms with van der Waals surface area (Å²) in [5, 5.41) is 0. The molecule has 0 aliphatic rings. The van der Waals surface area contributed by atoms with Crippen molar-refractivity contribution in [3.8, 4) is 11.6 Å². The number of ether oxygens (including phenoxy) is 2. The van der Waals surface area contributed by atoms with E-state index in [0.717, 1.165) is 7.11 Å². The molecule has 1 rings (SSSR count). The van der Waals surface area contributed by atoms with Gasteiger partial charge in [-0.15, -0.1) is 13.2 Å². The number of hydrogen-bond donors (Lipinski definition) is 1. The van der Waals surface area contributed by atoms with Crippen molar-refractivity contribution in [2.75, 3.05) is 7.11 Å². The van der Waals surface area contributed by atoms with Crippen LogP contribution in [0.1, 0.15) is 17.6 Å². The zero-order valence-electron chi connectivity index (χ0n) is 9.09. The van der Waals surface area contributed by atoms with E-state index in [4.69, 9.17) is 5.73 Å². The van der Waals surface area contributed by atoms with Crippen molar-refractivity contribution in [3.05, 3.63) is 17.3 Å². The maximum Gasteiger partial charge on any atom is 0.573 e. The summed E-state index contributed by atoms with van der Waals surface area (Å²) in [6.45, 7) is -0.484. The summed E-state index contributed by atoms with van der Waals surface area (Å²) in [4.78, 5) is 3.45. The summed E-state index contributed by atoms with van der Waals surface area (Å²) in [6, 6.07) is 0. The lowest BCUT2D eigenvalue weighted by molar-refractivity contribution is -0.275. The van der Waals surface area contributed by atoms with Gasteiger partial charge in [-0.3, -0.25) is 0 Å². The van der Waals surface area contributed by atoms with Crippen LogP contribution in [0.5, 0.6) is 11.6 Å². The molecular weight excluding hydrogens is 263 g/mol. The Kier molecular flexibility index (Phi) is 4.28. The Labute approximate surface area is 98.5 Å². The first-order chi connectivity index (χ1) is 8.30. The van der Waals surface area contributed by atoms with Gasteiger partial charge in [0, 0.05) is 12.7 Å². The van der Waals surface area contributed by atoms with Gasteiger partial charge < -0.3 is 15.2 Å². The van der Waals surface area contributed by atoms with Gasteiger partial charge in [-0.1, -0.05) is 0 Å². The summed E-state index contributed by atoms with van der Waals surface area (Å²) >= 11 is 0. The predicted molar refractivity (Wildman–Crippen MR) is 50.3 cm³/mol. The van der Waals surface area contributed by atoms with Crippen molar-refractivity contribution < 1.29 is 31.4 Å². The van der Waals surface area contributed by atoms with E-state index in [1.807, 2.05) is 0 Å². The highest BCUT2D eigenvalue weighted by Crippen LogP contribution is 2.38. The molecule has 4 nitrogen and oxygen atoms in total. The monoisotopic (exact) mass is 272 g/mol. The van der Waals surface area contributed by atoms with Crippen molar-refractivity contribution in [1.82, 2.24) is 4.98 Å². The van der Waals surface area contributed by atoms with E-state index < -0.39 is 30.6 Å². The van der Waals surface area contributed by atoms with E-state index in [-0.39, 0.29) is 11.4 Å². The van der Waals surface area contributed by atoms with Gasteiger partial charge in [0.1, 0.15) is 5.75 Å². The lowest BCUT2D eigenvalue weighted by atomic mass is 10.1. The lowest BCUT2D eigenvalue weighted by Gasteiger charge is -2.17. The Bertz CT molecular complexity index is 422. The third kappa shape index (κ3) is 3.19. The van der Waals surface area contributed by atoms with Gasteiger partial charge >= 0.3 is 6.36 Å². The normalized spacial score (nSPS) is 11.8. The minimum Gasteiger partial charge on any atom is -0.481 e. The molecule has 0 atom stereocenters. The Morgan fingerprint density at radius 3 is 2.39 bits per heavy atom. The van der Waals surface area contributed by atoms with Crippen LogP contribution in [0.25, 0.3) is 0 Å². The quantitative estimate of drug-likeness (QED) is 0.855. The first-order valence-corrected chi connectivity index (χ1v) is 4.59. The third-order valence-electron chi connectivity index (χ3n) is 1.97. The number of rotatable bonds is 4. The summed E-state index contributed by atoms with van der Waals surface area (Å²) < 4.78 is 69.9. The summed E-state index contributed by atoms with van der Waals surface area (Å²) in [7, 11) is 1.13. The van der Waals surface area contributed by atoms with Crippen LogP contribution in [0.2, 0.25) is 0 Å². The molecule has 1 heterocycles. The van der Waals surface area contributed by atoms with Crippen LogP contribution >= 0.6 is 0 Å². The molecular formula is C9H9F5N2O2. The number of nitrogens with zero attached hydrogens (tertiary/aromatic N) is 1. The maximum atomic E-state index is 12.6. The summed E-state index contributed by atoms with van der Waals surface area (Å²) in [5.74, 6) is -1.35. The molecule has 0 aliphatic carbocycles. The number of hydrogen-bond acceptors (Lipinski definition) is 4. The second-order valence-corrected chi connectivity index (χ2v) is 3.08. The smallest absolute Gasteiger partial charge is 0.481 e. The first kappa shape index (κ1) is 14.4. The Morgan fingerprint density at radius 1 is 1.39 bits per heavy atom. The molecule has 9 heteroatoms. The molecule has 0 radical (unpaired) electrons. The zero-order valence-corrected chi connectivity index (χ0v) is 9.09. The Balaban J connectivity index is 3.38. The number of methoxy groups -OCH3 is 1. The SMILES string of the molecule is COc1ncc(C(F)F)c(OC(F)(F)F)c1CN. The van der Waals surface area contributed by atoms with Crippen molar-refractivity contribution in [3.63, 3.8) is 0 Å². The molecule has 1 aromatic rings. The Morgan fingerprint density at radius 2 is 2.00 bits per heavy atom. The Hall–Kier alpha value is -1.64. The molecule has 0 fully saturated rings. The van der Waals surface area contributed by atoms with Gasteiger partial charge in [-0.2, -0.15) is 0 Å². The fourth-order valence-electron chi connectivity index (χ4n) is 1.28. The molecule has 0 aliphatic heterocycles. The van der Waals surface area contributed by atoms with E-state index in [9.17, 15) is 22.0 Å². The summed E-state index contributed by atoms with van der Waals surface area (Å²) in [6.07, 6.45) is -7.73. The van der Waals surface area contributed by atoms with Gasteiger partial charge in [-0.05, 0) is 0 Å². The molecule has 0 saturated heterocycles. The van der Waals surface area contributed by atoms with E-state index in [1.54, 1.807) is 0 Å². The van der Waals surface area contributed by atoms with Crippen LogP contribution in [0.15, 0.2) is 6.20 Å². The van der Waals surface area contributed by atoms with Crippen LogP contribution < -0.4 is 15.2 Å². The molecule has 0 bridgehead atoms. The van der Waals surface area contributed by atoms with Gasteiger partial charge in [0.2, 0.25) is 5.88 Å². The van der Waals surface area contributed by atoms with Gasteiger partial charge in [0.25, 0.3) is 6.43 Å². The van der Waals surface area contributed by atoms with E-state index in [0.29, 0.717) is 6.20 Å². The fourth-order valence-corrected chi connectivity index (χ4v) is 1.28. The molecule has 18 heavy (non-hydrogen) atoms. The maximum absolute atomic E-state index is 12.6. The molecule has 102 valence electrons. The van der Waals surface area contributed by atoms with Crippen LogP contribution in [-0.4, -0.2) is 18.5 Å². The predicted octanol–water partition coefficient (Wildman–Crippen LogP) is 2.39. The third-order valence-corrected chi connectivity index (χ3v) is 1.97. The van der Waals surface area contributed by atoms with Crippen molar-refractivity contribution in [2.45, 2.75) is 19.3 Å². The standard InChI is InChI=1S/C9H9F5N2O2/c1-17-8-4(2-15)6(18-9(12,13)14)5(3-16-8)7(10)11/h3,7H,2,15H2,1H3. The number of nitrogens with two attached hydrogens (primary N) is 1. The van der Waals surface area contributed by atoms with E-state index in [1.165, 1.54) is 0 Å². The van der Waals surface area contributed by atoms with Crippen molar-refractivity contribution in [1.29, 1.82) is 0 Å². The molecule has 1 aromatic heterocycles. The number of alkyl halides is 5. The molecule has 0 unspecified atom stereocenters. The average molecular weight is 272 g/mol. The fraction of sp³-hybridized carbons (Fsp3) is 0.444. The first-order valence-electron chi connectivity index (χ1n) is 4.59.